The SMILES string of the molecule is CC1(C)Cc2cccc(CN3CCC4(CC3)CCN(C(=O)c3ncccc3N)CC4)c2O1. The Morgan fingerprint density at radius 2 is 1.78 bits per heavy atom. The van der Waals surface area contributed by atoms with Gasteiger partial charge in [0.25, 0.3) is 5.91 Å². The van der Waals surface area contributed by atoms with Crippen LogP contribution in [0.15, 0.2) is 36.5 Å². The van der Waals surface area contributed by atoms with Gasteiger partial charge in [-0.3, -0.25) is 9.69 Å². The van der Waals surface area contributed by atoms with Crippen molar-refractivity contribution < 1.29 is 9.53 Å². The molecule has 2 aromatic rings. The largest absolute Gasteiger partial charge is 0.487 e. The van der Waals surface area contributed by atoms with Gasteiger partial charge in [-0.15, -0.1) is 0 Å². The molecular formula is C26H34N4O2. The Morgan fingerprint density at radius 1 is 1.06 bits per heavy atom. The van der Waals surface area contributed by atoms with Gasteiger partial charge in [-0.1, -0.05) is 18.2 Å². The highest BCUT2D eigenvalue weighted by Crippen LogP contribution is 2.43. The maximum absolute atomic E-state index is 12.8. The van der Waals surface area contributed by atoms with Crippen LogP contribution in [0.4, 0.5) is 5.69 Å². The summed E-state index contributed by atoms with van der Waals surface area (Å²) in [6, 6.07) is 10.1. The molecule has 0 atom stereocenters. The van der Waals surface area contributed by atoms with Crippen LogP contribution in [0.5, 0.6) is 5.75 Å². The van der Waals surface area contributed by atoms with Crippen LogP contribution in [-0.4, -0.2) is 52.5 Å². The number of likely N-dealkylation sites (tertiary alicyclic amines) is 2. The number of benzene rings is 1. The lowest BCUT2D eigenvalue weighted by Gasteiger charge is -2.47. The zero-order valence-electron chi connectivity index (χ0n) is 19.3. The van der Waals surface area contributed by atoms with Gasteiger partial charge in [0.1, 0.15) is 11.4 Å². The highest BCUT2D eigenvalue weighted by atomic mass is 16.5. The number of nitrogens with two attached hydrogens (primary N) is 1. The highest BCUT2D eigenvalue weighted by Gasteiger charge is 2.39. The van der Waals surface area contributed by atoms with E-state index in [9.17, 15) is 4.79 Å². The van der Waals surface area contributed by atoms with Gasteiger partial charge in [0.15, 0.2) is 5.69 Å². The molecule has 0 aliphatic carbocycles. The van der Waals surface area contributed by atoms with Crippen molar-refractivity contribution in [2.24, 2.45) is 5.41 Å². The fourth-order valence-corrected chi connectivity index (χ4v) is 5.66. The molecule has 0 unspecified atom stereocenters. The third-order valence-electron chi connectivity index (χ3n) is 7.64. The molecule has 0 radical (unpaired) electrons. The summed E-state index contributed by atoms with van der Waals surface area (Å²) in [6.07, 6.45) is 7.15. The zero-order valence-corrected chi connectivity index (χ0v) is 19.3. The van der Waals surface area contributed by atoms with E-state index in [-0.39, 0.29) is 11.5 Å². The maximum atomic E-state index is 12.8. The van der Waals surface area contributed by atoms with Crippen LogP contribution >= 0.6 is 0 Å². The van der Waals surface area contributed by atoms with Crippen molar-refractivity contribution in [2.75, 3.05) is 31.9 Å². The molecule has 5 rings (SSSR count). The normalized spacial score (nSPS) is 21.9. The molecule has 0 bridgehead atoms. The lowest BCUT2D eigenvalue weighted by atomic mass is 9.71. The molecule has 3 aliphatic heterocycles. The van der Waals surface area contributed by atoms with Gasteiger partial charge in [-0.25, -0.2) is 4.98 Å². The molecule has 6 nitrogen and oxygen atoms in total. The number of fused-ring (bicyclic) bond motifs is 1. The first-order chi connectivity index (χ1) is 15.3. The van der Waals surface area contributed by atoms with Gasteiger partial charge < -0.3 is 15.4 Å². The van der Waals surface area contributed by atoms with Crippen LogP contribution in [0.3, 0.4) is 0 Å². The fraction of sp³-hybridized carbons (Fsp3) is 0.538. The van der Waals surface area contributed by atoms with Gasteiger partial charge in [0.2, 0.25) is 0 Å². The minimum atomic E-state index is -0.101. The summed E-state index contributed by atoms with van der Waals surface area (Å²) < 4.78 is 6.28. The van der Waals surface area contributed by atoms with Crippen LogP contribution in [0.2, 0.25) is 0 Å². The Hall–Kier alpha value is -2.60. The average Bonchev–Trinajstić information content (AvgIpc) is 3.11. The molecule has 3 aliphatic rings. The highest BCUT2D eigenvalue weighted by molar-refractivity contribution is 5.97. The van der Waals surface area contributed by atoms with Crippen molar-refractivity contribution in [3.05, 3.63) is 53.3 Å². The van der Waals surface area contributed by atoms with E-state index in [0.29, 0.717) is 16.8 Å². The number of aromatic nitrogens is 1. The Morgan fingerprint density at radius 3 is 2.50 bits per heavy atom. The van der Waals surface area contributed by atoms with Gasteiger partial charge in [-0.2, -0.15) is 0 Å². The molecule has 32 heavy (non-hydrogen) atoms. The average molecular weight is 435 g/mol. The molecule has 1 spiro atoms. The molecule has 4 heterocycles. The second-order valence-corrected chi connectivity index (χ2v) is 10.5. The van der Waals surface area contributed by atoms with E-state index in [1.54, 1.807) is 18.3 Å². The molecule has 6 heteroatoms. The van der Waals surface area contributed by atoms with Crippen molar-refractivity contribution >= 4 is 11.6 Å². The maximum Gasteiger partial charge on any atom is 0.274 e. The van der Waals surface area contributed by atoms with Gasteiger partial charge in [0.05, 0.1) is 5.69 Å². The fourth-order valence-electron chi connectivity index (χ4n) is 5.66. The minimum absolute atomic E-state index is 0.0313. The number of amides is 1. The van der Waals surface area contributed by atoms with Crippen molar-refractivity contribution in [1.82, 2.24) is 14.8 Å². The van der Waals surface area contributed by atoms with Crippen molar-refractivity contribution in [3.63, 3.8) is 0 Å². The number of ether oxygens (including phenoxy) is 1. The Kier molecular flexibility index (Phi) is 5.36. The number of piperidine rings is 2. The van der Waals surface area contributed by atoms with Crippen LogP contribution in [-0.2, 0) is 13.0 Å². The Labute approximate surface area is 190 Å². The van der Waals surface area contributed by atoms with E-state index in [4.69, 9.17) is 10.5 Å². The summed E-state index contributed by atoms with van der Waals surface area (Å²) in [7, 11) is 0. The molecule has 2 N–H and O–H groups in total. The van der Waals surface area contributed by atoms with E-state index in [0.717, 1.165) is 57.7 Å². The summed E-state index contributed by atoms with van der Waals surface area (Å²) in [5.41, 5.74) is 9.74. The zero-order chi connectivity index (χ0) is 22.3. The van der Waals surface area contributed by atoms with E-state index in [1.165, 1.54) is 24.0 Å². The van der Waals surface area contributed by atoms with Gasteiger partial charge in [0, 0.05) is 37.8 Å². The van der Waals surface area contributed by atoms with Crippen molar-refractivity contribution in [3.8, 4) is 5.75 Å². The minimum Gasteiger partial charge on any atom is -0.487 e. The third kappa shape index (κ3) is 4.08. The van der Waals surface area contributed by atoms with E-state index < -0.39 is 0 Å². The van der Waals surface area contributed by atoms with Crippen LogP contribution in [0.1, 0.15) is 61.1 Å². The number of carbonyl (C=O) groups excluding carboxylic acids is 1. The number of hydrogen-bond acceptors (Lipinski definition) is 5. The number of nitrogen functional groups attached to an aromatic ring is 1. The molecule has 170 valence electrons. The Balaban J connectivity index is 1.17. The number of pyridine rings is 1. The van der Waals surface area contributed by atoms with Crippen molar-refractivity contribution in [1.29, 1.82) is 0 Å². The van der Waals surface area contributed by atoms with Crippen LogP contribution < -0.4 is 10.5 Å². The number of nitrogens with zero attached hydrogens (tertiary/aromatic N) is 3. The summed E-state index contributed by atoms with van der Waals surface area (Å²) in [5.74, 6) is 1.08. The number of carbonyl (C=O) groups is 1. The summed E-state index contributed by atoms with van der Waals surface area (Å²) in [5, 5.41) is 0. The smallest absolute Gasteiger partial charge is 0.274 e. The summed E-state index contributed by atoms with van der Waals surface area (Å²) in [4.78, 5) is 21.6. The molecule has 1 amide bonds. The molecule has 2 fully saturated rings. The first kappa shape index (κ1) is 21.3. The predicted molar refractivity (Wildman–Crippen MR) is 126 cm³/mol. The van der Waals surface area contributed by atoms with Crippen LogP contribution in [0.25, 0.3) is 0 Å². The predicted octanol–water partition coefficient (Wildman–Crippen LogP) is 3.90. The summed E-state index contributed by atoms with van der Waals surface area (Å²) >= 11 is 0. The quantitative estimate of drug-likeness (QED) is 0.793. The van der Waals surface area contributed by atoms with E-state index in [2.05, 4.69) is 41.9 Å². The molecule has 2 saturated heterocycles. The third-order valence-corrected chi connectivity index (χ3v) is 7.64. The lowest BCUT2D eigenvalue weighted by molar-refractivity contribution is 0.0280. The molecule has 1 aromatic carbocycles. The molecule has 1 aromatic heterocycles. The number of anilines is 1. The first-order valence-electron chi connectivity index (χ1n) is 11.9. The Bertz CT molecular complexity index is 1000. The number of rotatable bonds is 3. The lowest BCUT2D eigenvalue weighted by Crippen LogP contribution is -2.48. The number of hydrogen-bond donors (Lipinski definition) is 1. The number of para-hydroxylation sites is 1. The second-order valence-electron chi connectivity index (χ2n) is 10.5. The summed E-state index contributed by atoms with van der Waals surface area (Å²) in [6.45, 7) is 9.09. The standard InChI is InChI=1S/C26H34N4O2/c1-25(2)17-19-5-3-6-20(23(19)32-25)18-29-13-8-26(9-14-29)10-15-30(16-11-26)24(31)22-21(27)7-4-12-28-22/h3-7,12H,8-11,13-18,27H2,1-2H3. The second kappa shape index (κ2) is 8.07. The monoisotopic (exact) mass is 434 g/mol. The van der Waals surface area contributed by atoms with E-state index >= 15 is 0 Å². The van der Waals surface area contributed by atoms with Gasteiger partial charge >= 0.3 is 0 Å². The molecule has 0 saturated carbocycles. The van der Waals surface area contributed by atoms with E-state index in [1.807, 2.05) is 4.90 Å². The molecular weight excluding hydrogens is 400 g/mol. The topological polar surface area (TPSA) is 71.7 Å². The van der Waals surface area contributed by atoms with Crippen molar-refractivity contribution in [2.45, 2.75) is 58.1 Å². The van der Waals surface area contributed by atoms with Crippen LogP contribution in [0, 0.1) is 5.41 Å². The first-order valence-corrected chi connectivity index (χ1v) is 11.9. The van der Waals surface area contributed by atoms with Gasteiger partial charge in [-0.05, 0) is 75.7 Å².